The van der Waals surface area contributed by atoms with Gasteiger partial charge in [-0.05, 0) is 49.3 Å². The summed E-state index contributed by atoms with van der Waals surface area (Å²) in [7, 11) is 1.61. The maximum Gasteiger partial charge on any atom is 0.391 e. The zero-order valence-electron chi connectivity index (χ0n) is 12.0. The largest absolute Gasteiger partial charge is 0.497 e. The van der Waals surface area contributed by atoms with Crippen molar-refractivity contribution in [3.8, 4) is 5.75 Å². The van der Waals surface area contributed by atoms with Gasteiger partial charge in [-0.25, -0.2) is 0 Å². The molecular formula is C16H20BrF3O. The van der Waals surface area contributed by atoms with Crippen molar-refractivity contribution >= 4 is 15.9 Å². The van der Waals surface area contributed by atoms with E-state index in [1.165, 1.54) is 0 Å². The Morgan fingerprint density at radius 3 is 2.48 bits per heavy atom. The van der Waals surface area contributed by atoms with E-state index in [0.29, 0.717) is 6.42 Å². The molecule has 1 fully saturated rings. The van der Waals surface area contributed by atoms with Crippen LogP contribution in [0.3, 0.4) is 0 Å². The fourth-order valence-electron chi connectivity index (χ4n) is 3.01. The van der Waals surface area contributed by atoms with Gasteiger partial charge in [-0.1, -0.05) is 34.5 Å². The summed E-state index contributed by atoms with van der Waals surface area (Å²) in [6.45, 7) is 0. The number of hydrogen-bond donors (Lipinski definition) is 0. The second-order valence-corrected chi connectivity index (χ2v) is 6.91. The normalized spacial score (nSPS) is 24.6. The van der Waals surface area contributed by atoms with Crippen molar-refractivity contribution in [1.29, 1.82) is 0 Å². The Morgan fingerprint density at radius 1 is 1.24 bits per heavy atom. The first-order valence-electron chi connectivity index (χ1n) is 7.24. The van der Waals surface area contributed by atoms with E-state index in [1.54, 1.807) is 7.11 Å². The lowest BCUT2D eigenvalue weighted by atomic mass is 9.78. The van der Waals surface area contributed by atoms with Crippen molar-refractivity contribution in [1.82, 2.24) is 0 Å². The molecule has 1 saturated carbocycles. The zero-order valence-corrected chi connectivity index (χ0v) is 13.6. The molecule has 0 aromatic heterocycles. The fourth-order valence-corrected chi connectivity index (χ4v) is 3.86. The number of alkyl halides is 4. The lowest BCUT2D eigenvalue weighted by Crippen LogP contribution is -2.32. The molecule has 0 spiro atoms. The SMILES string of the molecule is COc1ccc(CC(Br)C2CCCC(C(F)(F)F)C2)cc1. The summed E-state index contributed by atoms with van der Waals surface area (Å²) < 4.78 is 43.7. The van der Waals surface area contributed by atoms with Crippen molar-refractivity contribution in [2.75, 3.05) is 7.11 Å². The van der Waals surface area contributed by atoms with E-state index in [1.807, 2.05) is 24.3 Å². The molecule has 1 nitrogen and oxygen atoms in total. The highest BCUT2D eigenvalue weighted by Gasteiger charge is 2.43. The molecule has 2 rings (SSSR count). The highest BCUT2D eigenvalue weighted by molar-refractivity contribution is 9.09. The summed E-state index contributed by atoms with van der Waals surface area (Å²) in [4.78, 5) is 0.0936. The van der Waals surface area contributed by atoms with Crippen LogP contribution in [-0.2, 0) is 6.42 Å². The second kappa shape index (κ2) is 7.03. The first-order valence-corrected chi connectivity index (χ1v) is 8.15. The standard InChI is InChI=1S/C16H20BrF3O/c1-21-14-7-5-11(6-8-14)9-15(17)12-3-2-4-13(10-12)16(18,19)20/h5-8,12-13,15H,2-4,9-10H2,1H3. The van der Waals surface area contributed by atoms with Gasteiger partial charge in [-0.3, -0.25) is 0 Å². The van der Waals surface area contributed by atoms with Gasteiger partial charge in [0.2, 0.25) is 0 Å². The molecule has 1 aliphatic carbocycles. The smallest absolute Gasteiger partial charge is 0.391 e. The lowest BCUT2D eigenvalue weighted by Gasteiger charge is -2.33. The summed E-state index contributed by atoms with van der Waals surface area (Å²) in [6, 6.07) is 7.71. The van der Waals surface area contributed by atoms with Gasteiger partial charge in [0.05, 0.1) is 13.0 Å². The summed E-state index contributed by atoms with van der Waals surface area (Å²) >= 11 is 3.61. The highest BCUT2D eigenvalue weighted by Crippen LogP contribution is 2.42. The van der Waals surface area contributed by atoms with Gasteiger partial charge in [0.15, 0.2) is 0 Å². The molecule has 0 aliphatic heterocycles. The fraction of sp³-hybridized carbons (Fsp3) is 0.625. The van der Waals surface area contributed by atoms with Crippen LogP contribution in [0.5, 0.6) is 5.75 Å². The van der Waals surface area contributed by atoms with Gasteiger partial charge >= 0.3 is 6.18 Å². The first kappa shape index (κ1) is 16.7. The molecule has 3 atom stereocenters. The van der Waals surface area contributed by atoms with Crippen molar-refractivity contribution in [3.05, 3.63) is 29.8 Å². The molecule has 1 aliphatic rings. The molecule has 0 saturated heterocycles. The third-order valence-electron chi connectivity index (χ3n) is 4.28. The monoisotopic (exact) mass is 364 g/mol. The van der Waals surface area contributed by atoms with Gasteiger partial charge in [-0.2, -0.15) is 13.2 Å². The molecule has 0 N–H and O–H groups in total. The molecule has 0 radical (unpaired) electrons. The second-order valence-electron chi connectivity index (χ2n) is 5.73. The molecule has 0 heterocycles. The van der Waals surface area contributed by atoms with Crippen LogP contribution in [0, 0.1) is 11.8 Å². The van der Waals surface area contributed by atoms with Crippen molar-refractivity contribution < 1.29 is 17.9 Å². The van der Waals surface area contributed by atoms with Crippen molar-refractivity contribution in [3.63, 3.8) is 0 Å². The van der Waals surface area contributed by atoms with E-state index >= 15 is 0 Å². The average Bonchev–Trinajstić information content (AvgIpc) is 2.47. The van der Waals surface area contributed by atoms with Gasteiger partial charge in [0.1, 0.15) is 5.75 Å². The maximum absolute atomic E-state index is 12.9. The summed E-state index contributed by atoms with van der Waals surface area (Å²) in [5.74, 6) is -0.251. The number of benzene rings is 1. The third-order valence-corrected chi connectivity index (χ3v) is 5.35. The number of methoxy groups -OCH3 is 1. The van der Waals surface area contributed by atoms with E-state index in [0.717, 1.165) is 24.2 Å². The minimum absolute atomic E-state index is 0.0903. The number of ether oxygens (including phenoxy) is 1. The summed E-state index contributed by atoms with van der Waals surface area (Å²) in [5, 5.41) is 0. The Balaban J connectivity index is 1.94. The van der Waals surface area contributed by atoms with E-state index in [4.69, 9.17) is 4.74 Å². The van der Waals surface area contributed by atoms with Crippen molar-refractivity contribution in [2.45, 2.75) is 43.1 Å². The van der Waals surface area contributed by atoms with Crippen LogP contribution in [-0.4, -0.2) is 18.1 Å². The van der Waals surface area contributed by atoms with Crippen LogP contribution in [0.25, 0.3) is 0 Å². The predicted molar refractivity (Wildman–Crippen MR) is 80.9 cm³/mol. The Labute approximate surface area is 132 Å². The molecule has 0 bridgehead atoms. The molecule has 118 valence electrons. The minimum Gasteiger partial charge on any atom is -0.497 e. The Bertz CT molecular complexity index is 444. The Hall–Kier alpha value is -0.710. The summed E-state index contributed by atoms with van der Waals surface area (Å²) in [6.07, 6.45) is -1.24. The zero-order chi connectivity index (χ0) is 15.5. The van der Waals surface area contributed by atoms with Gasteiger partial charge in [0, 0.05) is 4.83 Å². The first-order chi connectivity index (χ1) is 9.90. The summed E-state index contributed by atoms with van der Waals surface area (Å²) in [5.41, 5.74) is 1.12. The van der Waals surface area contributed by atoms with Crippen LogP contribution in [0.1, 0.15) is 31.2 Å². The van der Waals surface area contributed by atoms with E-state index < -0.39 is 12.1 Å². The lowest BCUT2D eigenvalue weighted by molar-refractivity contribution is -0.185. The average molecular weight is 365 g/mol. The number of rotatable bonds is 4. The van der Waals surface area contributed by atoms with Crippen LogP contribution < -0.4 is 4.74 Å². The van der Waals surface area contributed by atoms with Gasteiger partial charge in [-0.15, -0.1) is 0 Å². The Morgan fingerprint density at radius 2 is 1.90 bits per heavy atom. The minimum atomic E-state index is -4.05. The van der Waals surface area contributed by atoms with Crippen LogP contribution >= 0.6 is 15.9 Å². The molecule has 21 heavy (non-hydrogen) atoms. The topological polar surface area (TPSA) is 9.23 Å². The van der Waals surface area contributed by atoms with E-state index in [9.17, 15) is 13.2 Å². The number of halogens is 4. The van der Waals surface area contributed by atoms with E-state index in [-0.39, 0.29) is 23.6 Å². The van der Waals surface area contributed by atoms with Crippen LogP contribution in [0.2, 0.25) is 0 Å². The predicted octanol–water partition coefficient (Wildman–Crippen LogP) is 5.37. The van der Waals surface area contributed by atoms with Crippen LogP contribution in [0.15, 0.2) is 24.3 Å². The Kier molecular flexibility index (Phi) is 5.58. The molecule has 5 heteroatoms. The van der Waals surface area contributed by atoms with Gasteiger partial charge in [0.25, 0.3) is 0 Å². The third kappa shape index (κ3) is 4.63. The quantitative estimate of drug-likeness (QED) is 0.652. The molecule has 0 amide bonds. The van der Waals surface area contributed by atoms with Crippen LogP contribution in [0.4, 0.5) is 13.2 Å². The molecule has 1 aromatic rings. The molecule has 1 aromatic carbocycles. The van der Waals surface area contributed by atoms with Gasteiger partial charge < -0.3 is 4.74 Å². The number of hydrogen-bond acceptors (Lipinski definition) is 1. The highest BCUT2D eigenvalue weighted by atomic mass is 79.9. The molecular weight excluding hydrogens is 345 g/mol. The maximum atomic E-state index is 12.9. The molecule has 3 unspecified atom stereocenters. The van der Waals surface area contributed by atoms with E-state index in [2.05, 4.69) is 15.9 Å². The van der Waals surface area contributed by atoms with Crippen molar-refractivity contribution in [2.24, 2.45) is 11.8 Å².